The standard InChI is InChI=1S/C8H8N2O3/c1-5-3-10-7(13-4-5)6(2-9-10)8(11)12/h2H,1,3-4H2,(H,11,12). The van der Waals surface area contributed by atoms with E-state index in [4.69, 9.17) is 9.84 Å². The summed E-state index contributed by atoms with van der Waals surface area (Å²) in [5.74, 6) is -0.700. The van der Waals surface area contributed by atoms with Crippen molar-refractivity contribution in [2.45, 2.75) is 6.54 Å². The van der Waals surface area contributed by atoms with Gasteiger partial charge in [0.1, 0.15) is 12.2 Å². The van der Waals surface area contributed by atoms with E-state index >= 15 is 0 Å². The first kappa shape index (κ1) is 7.85. The van der Waals surface area contributed by atoms with Gasteiger partial charge in [0.25, 0.3) is 0 Å². The molecule has 1 aromatic rings. The molecule has 0 unspecified atom stereocenters. The SMILES string of the molecule is C=C1COc2c(C(=O)O)cnn2C1. The molecule has 0 saturated heterocycles. The van der Waals surface area contributed by atoms with Crippen molar-refractivity contribution in [1.29, 1.82) is 0 Å². The van der Waals surface area contributed by atoms with Gasteiger partial charge >= 0.3 is 5.97 Å². The van der Waals surface area contributed by atoms with Crippen molar-refractivity contribution in [3.05, 3.63) is 23.9 Å². The Morgan fingerprint density at radius 2 is 2.54 bits per heavy atom. The van der Waals surface area contributed by atoms with Crippen LogP contribution >= 0.6 is 0 Å². The molecule has 0 fully saturated rings. The summed E-state index contributed by atoms with van der Waals surface area (Å²) in [6, 6.07) is 0. The lowest BCUT2D eigenvalue weighted by molar-refractivity contribution is 0.0691. The highest BCUT2D eigenvalue weighted by molar-refractivity contribution is 5.90. The summed E-state index contributed by atoms with van der Waals surface area (Å²) in [7, 11) is 0. The summed E-state index contributed by atoms with van der Waals surface area (Å²) in [4.78, 5) is 10.7. The van der Waals surface area contributed by atoms with Gasteiger partial charge in [0.05, 0.1) is 12.7 Å². The van der Waals surface area contributed by atoms with Crippen LogP contribution in [0, 0.1) is 0 Å². The van der Waals surface area contributed by atoms with E-state index in [0.717, 1.165) is 5.57 Å². The number of carboxylic acid groups (broad SMARTS) is 1. The van der Waals surface area contributed by atoms with E-state index in [1.54, 1.807) is 0 Å². The van der Waals surface area contributed by atoms with Crippen molar-refractivity contribution in [2.75, 3.05) is 6.61 Å². The lowest BCUT2D eigenvalue weighted by Crippen LogP contribution is -2.18. The van der Waals surface area contributed by atoms with Crippen LogP contribution in [0.5, 0.6) is 5.88 Å². The molecule has 2 rings (SSSR count). The lowest BCUT2D eigenvalue weighted by atomic mass is 10.3. The van der Waals surface area contributed by atoms with Crippen LogP contribution in [-0.4, -0.2) is 27.5 Å². The van der Waals surface area contributed by atoms with E-state index in [-0.39, 0.29) is 5.56 Å². The molecule has 0 bridgehead atoms. The third-order valence-corrected chi connectivity index (χ3v) is 1.81. The number of nitrogens with zero attached hydrogens (tertiary/aromatic N) is 2. The Labute approximate surface area is 74.2 Å². The molecule has 0 amide bonds. The van der Waals surface area contributed by atoms with Crippen LogP contribution in [0.1, 0.15) is 10.4 Å². The van der Waals surface area contributed by atoms with Gasteiger partial charge in [0.15, 0.2) is 0 Å². The van der Waals surface area contributed by atoms with Gasteiger partial charge in [-0.05, 0) is 5.57 Å². The fraction of sp³-hybridized carbons (Fsp3) is 0.250. The summed E-state index contributed by atoms with van der Waals surface area (Å²) in [6.45, 7) is 4.63. The molecule has 0 spiro atoms. The molecule has 68 valence electrons. The maximum absolute atomic E-state index is 10.7. The van der Waals surface area contributed by atoms with Crippen LogP contribution in [0.3, 0.4) is 0 Å². The van der Waals surface area contributed by atoms with Gasteiger partial charge in [-0.15, -0.1) is 0 Å². The molecule has 13 heavy (non-hydrogen) atoms. The Balaban J connectivity index is 2.44. The number of hydrogen-bond donors (Lipinski definition) is 1. The normalized spacial score (nSPS) is 14.9. The van der Waals surface area contributed by atoms with Crippen LogP contribution < -0.4 is 4.74 Å². The molecule has 1 aliphatic heterocycles. The van der Waals surface area contributed by atoms with Crippen molar-refractivity contribution in [1.82, 2.24) is 9.78 Å². The van der Waals surface area contributed by atoms with Crippen molar-refractivity contribution in [3.8, 4) is 5.88 Å². The number of fused-ring (bicyclic) bond motifs is 1. The molecule has 0 saturated carbocycles. The van der Waals surface area contributed by atoms with E-state index in [9.17, 15) is 4.79 Å². The quantitative estimate of drug-likeness (QED) is 0.640. The zero-order chi connectivity index (χ0) is 9.42. The lowest BCUT2D eigenvalue weighted by Gasteiger charge is -2.17. The molecule has 0 aliphatic carbocycles. The van der Waals surface area contributed by atoms with Crippen molar-refractivity contribution < 1.29 is 14.6 Å². The van der Waals surface area contributed by atoms with Gasteiger partial charge in [-0.2, -0.15) is 5.10 Å². The number of aromatic carboxylic acids is 1. The maximum atomic E-state index is 10.7. The Kier molecular flexibility index (Phi) is 1.58. The van der Waals surface area contributed by atoms with E-state index in [1.807, 2.05) is 0 Å². The van der Waals surface area contributed by atoms with E-state index < -0.39 is 5.97 Å². The second kappa shape index (κ2) is 2.62. The molecule has 1 aliphatic rings. The number of aromatic nitrogens is 2. The van der Waals surface area contributed by atoms with Gasteiger partial charge in [-0.1, -0.05) is 6.58 Å². The van der Waals surface area contributed by atoms with E-state index in [0.29, 0.717) is 19.0 Å². The zero-order valence-corrected chi connectivity index (χ0v) is 6.86. The number of carboxylic acids is 1. The molecule has 1 N–H and O–H groups in total. The highest BCUT2D eigenvalue weighted by Gasteiger charge is 2.21. The third-order valence-electron chi connectivity index (χ3n) is 1.81. The highest BCUT2D eigenvalue weighted by atomic mass is 16.5. The molecular formula is C8H8N2O3. The fourth-order valence-corrected chi connectivity index (χ4v) is 1.21. The van der Waals surface area contributed by atoms with Crippen LogP contribution in [0.25, 0.3) is 0 Å². The highest BCUT2D eigenvalue weighted by Crippen LogP contribution is 2.23. The molecule has 5 nitrogen and oxygen atoms in total. The zero-order valence-electron chi connectivity index (χ0n) is 6.86. The summed E-state index contributed by atoms with van der Waals surface area (Å²) in [5.41, 5.74) is 0.986. The third kappa shape index (κ3) is 1.18. The maximum Gasteiger partial charge on any atom is 0.342 e. The number of rotatable bonds is 1. The van der Waals surface area contributed by atoms with Crippen molar-refractivity contribution in [2.24, 2.45) is 0 Å². The molecule has 0 atom stereocenters. The summed E-state index contributed by atoms with van der Waals surface area (Å²) in [5, 5.41) is 12.6. The van der Waals surface area contributed by atoms with Crippen molar-refractivity contribution >= 4 is 5.97 Å². The number of carbonyl (C=O) groups is 1. The van der Waals surface area contributed by atoms with E-state index in [1.165, 1.54) is 10.9 Å². The molecule has 0 radical (unpaired) electrons. The fourth-order valence-electron chi connectivity index (χ4n) is 1.21. The summed E-state index contributed by atoms with van der Waals surface area (Å²) < 4.78 is 6.68. The van der Waals surface area contributed by atoms with Crippen LogP contribution in [0.15, 0.2) is 18.3 Å². The van der Waals surface area contributed by atoms with Gasteiger partial charge in [-0.25, -0.2) is 9.48 Å². The minimum absolute atomic E-state index is 0.104. The number of ether oxygens (including phenoxy) is 1. The van der Waals surface area contributed by atoms with Crippen LogP contribution in [0.4, 0.5) is 0 Å². The molecule has 5 heteroatoms. The Morgan fingerprint density at radius 3 is 3.23 bits per heavy atom. The average Bonchev–Trinajstić information content (AvgIpc) is 2.46. The first-order valence-corrected chi connectivity index (χ1v) is 3.77. The average molecular weight is 180 g/mol. The minimum Gasteiger partial charge on any atom is -0.477 e. The molecule has 2 heterocycles. The second-order valence-electron chi connectivity index (χ2n) is 2.86. The smallest absolute Gasteiger partial charge is 0.342 e. The Bertz CT molecular complexity index is 381. The van der Waals surface area contributed by atoms with Crippen LogP contribution in [0.2, 0.25) is 0 Å². The summed E-state index contributed by atoms with van der Waals surface area (Å²) >= 11 is 0. The van der Waals surface area contributed by atoms with Crippen LogP contribution in [-0.2, 0) is 6.54 Å². The topological polar surface area (TPSA) is 64.3 Å². The number of hydrogen-bond acceptors (Lipinski definition) is 3. The van der Waals surface area contributed by atoms with Gasteiger partial charge in [0, 0.05) is 0 Å². The van der Waals surface area contributed by atoms with E-state index in [2.05, 4.69) is 11.7 Å². The largest absolute Gasteiger partial charge is 0.477 e. The summed E-state index contributed by atoms with van der Waals surface area (Å²) in [6.07, 6.45) is 1.29. The van der Waals surface area contributed by atoms with Gasteiger partial charge < -0.3 is 9.84 Å². The predicted octanol–water partition coefficient (Wildman–Crippen LogP) is 0.530. The Hall–Kier alpha value is -1.78. The minimum atomic E-state index is -1.02. The Morgan fingerprint density at radius 1 is 1.77 bits per heavy atom. The second-order valence-corrected chi connectivity index (χ2v) is 2.86. The van der Waals surface area contributed by atoms with Crippen molar-refractivity contribution in [3.63, 3.8) is 0 Å². The first-order valence-electron chi connectivity index (χ1n) is 3.77. The van der Waals surface area contributed by atoms with Gasteiger partial charge in [-0.3, -0.25) is 0 Å². The predicted molar refractivity (Wildman–Crippen MR) is 43.8 cm³/mol. The first-order chi connectivity index (χ1) is 6.18. The molecule has 1 aromatic heterocycles. The molecular weight excluding hydrogens is 172 g/mol. The van der Waals surface area contributed by atoms with Gasteiger partial charge in [0.2, 0.25) is 5.88 Å². The monoisotopic (exact) mass is 180 g/mol. The molecule has 0 aromatic carbocycles.